The van der Waals surface area contributed by atoms with Crippen LogP contribution in [0, 0.1) is 13.8 Å². The van der Waals surface area contributed by atoms with Crippen molar-refractivity contribution >= 4 is 23.2 Å². The van der Waals surface area contributed by atoms with Crippen LogP contribution in [0.3, 0.4) is 0 Å². The zero-order chi connectivity index (χ0) is 17.7. The number of carbonyl (C=O) groups is 1. The van der Waals surface area contributed by atoms with Gasteiger partial charge in [-0.1, -0.05) is 17.7 Å². The van der Waals surface area contributed by atoms with Gasteiger partial charge in [0.25, 0.3) is 5.91 Å². The first-order valence-corrected chi connectivity index (χ1v) is 7.73. The van der Waals surface area contributed by atoms with Crippen molar-refractivity contribution in [1.82, 2.24) is 0 Å². The van der Waals surface area contributed by atoms with Crippen molar-refractivity contribution in [3.05, 3.63) is 46.5 Å². The van der Waals surface area contributed by atoms with Gasteiger partial charge >= 0.3 is 0 Å². The molecule has 128 valence electrons. The van der Waals surface area contributed by atoms with Gasteiger partial charge in [0, 0.05) is 11.8 Å². The van der Waals surface area contributed by atoms with Gasteiger partial charge in [0.05, 0.1) is 19.2 Å². The molecule has 2 aromatic carbocycles. The number of hydrogen-bond acceptors (Lipinski definition) is 4. The summed E-state index contributed by atoms with van der Waals surface area (Å²) < 4.78 is 16.0. The van der Waals surface area contributed by atoms with E-state index in [1.165, 1.54) is 0 Å². The summed E-state index contributed by atoms with van der Waals surface area (Å²) in [6.45, 7) is 3.66. The third-order valence-electron chi connectivity index (χ3n) is 3.45. The minimum atomic E-state index is -0.289. The largest absolute Gasteiger partial charge is 0.493 e. The molecule has 24 heavy (non-hydrogen) atoms. The molecule has 0 heterocycles. The van der Waals surface area contributed by atoms with E-state index < -0.39 is 0 Å². The molecule has 1 N–H and O–H groups in total. The normalized spacial score (nSPS) is 10.2. The first kappa shape index (κ1) is 17.9. The van der Waals surface area contributed by atoms with E-state index in [1.807, 2.05) is 19.9 Å². The molecule has 0 saturated carbocycles. The monoisotopic (exact) mass is 349 g/mol. The maximum absolute atomic E-state index is 12.1. The number of nitrogens with one attached hydrogen (secondary N) is 1. The summed E-state index contributed by atoms with van der Waals surface area (Å²) in [4.78, 5) is 12.1. The van der Waals surface area contributed by atoms with E-state index in [0.717, 1.165) is 11.1 Å². The molecule has 0 radical (unpaired) electrons. The third-order valence-corrected chi connectivity index (χ3v) is 3.76. The fraction of sp³-hybridized carbons (Fsp3) is 0.278. The van der Waals surface area contributed by atoms with E-state index >= 15 is 0 Å². The topological polar surface area (TPSA) is 56.8 Å². The van der Waals surface area contributed by atoms with Crippen molar-refractivity contribution in [2.75, 3.05) is 26.1 Å². The molecule has 6 heteroatoms. The number of benzene rings is 2. The van der Waals surface area contributed by atoms with Gasteiger partial charge in [0.1, 0.15) is 5.75 Å². The van der Waals surface area contributed by atoms with E-state index in [0.29, 0.717) is 28.0 Å². The van der Waals surface area contributed by atoms with Crippen LogP contribution in [0.15, 0.2) is 30.3 Å². The average molecular weight is 350 g/mol. The van der Waals surface area contributed by atoms with Crippen LogP contribution in [-0.2, 0) is 4.79 Å². The predicted molar refractivity (Wildman–Crippen MR) is 94.6 cm³/mol. The lowest BCUT2D eigenvalue weighted by Gasteiger charge is -2.14. The lowest BCUT2D eigenvalue weighted by atomic mass is 10.1. The molecule has 0 aromatic heterocycles. The van der Waals surface area contributed by atoms with Crippen molar-refractivity contribution in [2.24, 2.45) is 0 Å². The number of hydrogen-bond donors (Lipinski definition) is 1. The Morgan fingerprint density at radius 2 is 1.71 bits per heavy atom. The molecule has 0 spiro atoms. The van der Waals surface area contributed by atoms with Gasteiger partial charge in [-0.15, -0.1) is 0 Å². The Morgan fingerprint density at radius 3 is 2.38 bits per heavy atom. The molecule has 0 atom stereocenters. The Labute approximate surface area is 146 Å². The smallest absolute Gasteiger partial charge is 0.262 e. The Hall–Kier alpha value is -2.40. The van der Waals surface area contributed by atoms with Crippen LogP contribution < -0.4 is 19.5 Å². The fourth-order valence-corrected chi connectivity index (χ4v) is 2.34. The molecule has 2 rings (SSSR count). The molecule has 0 unspecified atom stereocenters. The van der Waals surface area contributed by atoms with Gasteiger partial charge in [-0.05, 0) is 43.2 Å². The number of rotatable bonds is 6. The van der Waals surface area contributed by atoms with Crippen LogP contribution in [0.2, 0.25) is 5.02 Å². The van der Waals surface area contributed by atoms with Crippen molar-refractivity contribution in [1.29, 1.82) is 0 Å². The van der Waals surface area contributed by atoms with E-state index in [2.05, 4.69) is 5.32 Å². The van der Waals surface area contributed by atoms with Crippen molar-refractivity contribution < 1.29 is 19.0 Å². The number of aryl methyl sites for hydroxylation is 2. The maximum atomic E-state index is 12.1. The molecule has 2 aromatic rings. The van der Waals surface area contributed by atoms with Gasteiger partial charge in [0.15, 0.2) is 18.1 Å². The van der Waals surface area contributed by atoms with Gasteiger partial charge in [-0.2, -0.15) is 0 Å². The summed E-state index contributed by atoms with van der Waals surface area (Å²) in [6, 6.07) is 8.92. The highest BCUT2D eigenvalue weighted by atomic mass is 35.5. The first-order valence-electron chi connectivity index (χ1n) is 7.36. The number of halogens is 1. The average Bonchev–Trinajstić information content (AvgIpc) is 2.57. The highest BCUT2D eigenvalue weighted by Crippen LogP contribution is 2.33. The van der Waals surface area contributed by atoms with Gasteiger partial charge in [-0.25, -0.2) is 0 Å². The van der Waals surface area contributed by atoms with E-state index in [4.69, 9.17) is 25.8 Å². The Morgan fingerprint density at radius 1 is 1.04 bits per heavy atom. The minimum absolute atomic E-state index is 0.142. The summed E-state index contributed by atoms with van der Waals surface area (Å²) in [7, 11) is 3.11. The second-order valence-corrected chi connectivity index (χ2v) is 5.70. The van der Waals surface area contributed by atoms with Crippen LogP contribution in [-0.4, -0.2) is 26.7 Å². The minimum Gasteiger partial charge on any atom is -0.493 e. The molecule has 1 amide bonds. The van der Waals surface area contributed by atoms with Crippen molar-refractivity contribution in [3.63, 3.8) is 0 Å². The Balaban J connectivity index is 2.06. The summed E-state index contributed by atoms with van der Waals surface area (Å²) in [5, 5.41) is 3.27. The van der Waals surface area contributed by atoms with Crippen molar-refractivity contribution in [3.8, 4) is 17.2 Å². The molecular weight excluding hydrogens is 330 g/mol. The molecule has 0 aliphatic rings. The van der Waals surface area contributed by atoms with Gasteiger partial charge in [-0.3, -0.25) is 4.79 Å². The molecule has 0 fully saturated rings. The number of methoxy groups -OCH3 is 2. The zero-order valence-electron chi connectivity index (χ0n) is 14.1. The summed E-state index contributed by atoms with van der Waals surface area (Å²) in [5.74, 6) is 1.34. The third kappa shape index (κ3) is 4.32. The quantitative estimate of drug-likeness (QED) is 0.856. The second-order valence-electron chi connectivity index (χ2n) is 5.29. The van der Waals surface area contributed by atoms with Crippen LogP contribution >= 0.6 is 11.6 Å². The van der Waals surface area contributed by atoms with Crippen LogP contribution in [0.25, 0.3) is 0 Å². The second kappa shape index (κ2) is 7.93. The van der Waals surface area contributed by atoms with Crippen LogP contribution in [0.5, 0.6) is 17.2 Å². The number of ether oxygens (including phenoxy) is 3. The maximum Gasteiger partial charge on any atom is 0.262 e. The van der Waals surface area contributed by atoms with E-state index in [-0.39, 0.29) is 12.5 Å². The predicted octanol–water partition coefficient (Wildman–Crippen LogP) is 3.99. The highest BCUT2D eigenvalue weighted by Gasteiger charge is 2.12. The Bertz CT molecular complexity index is 746. The lowest BCUT2D eigenvalue weighted by molar-refractivity contribution is -0.118. The van der Waals surface area contributed by atoms with Gasteiger partial charge in [0.2, 0.25) is 0 Å². The molecule has 5 nitrogen and oxygen atoms in total. The van der Waals surface area contributed by atoms with Crippen LogP contribution in [0.4, 0.5) is 5.69 Å². The number of carbonyl (C=O) groups excluding carboxylic acids is 1. The highest BCUT2D eigenvalue weighted by molar-refractivity contribution is 6.32. The first-order chi connectivity index (χ1) is 11.4. The van der Waals surface area contributed by atoms with Crippen LogP contribution in [0.1, 0.15) is 11.1 Å². The zero-order valence-corrected chi connectivity index (χ0v) is 14.9. The summed E-state index contributed by atoms with van der Waals surface area (Å²) in [5.41, 5.74) is 2.50. The van der Waals surface area contributed by atoms with E-state index in [1.54, 1.807) is 38.5 Å². The molecule has 0 saturated heterocycles. The summed E-state index contributed by atoms with van der Waals surface area (Å²) >= 11 is 6.05. The Kier molecular flexibility index (Phi) is 5.93. The molecule has 0 aliphatic heterocycles. The molecule has 0 aliphatic carbocycles. The molecule has 0 bridgehead atoms. The van der Waals surface area contributed by atoms with Crippen molar-refractivity contribution in [2.45, 2.75) is 13.8 Å². The SMILES string of the molecule is COc1cc(C)c(NC(=O)COc2cc(C)ccc2Cl)cc1OC. The summed E-state index contributed by atoms with van der Waals surface area (Å²) in [6.07, 6.45) is 0. The number of amides is 1. The van der Waals surface area contributed by atoms with E-state index in [9.17, 15) is 4.79 Å². The number of anilines is 1. The van der Waals surface area contributed by atoms with Gasteiger partial charge < -0.3 is 19.5 Å². The molecular formula is C18H20ClNO4. The lowest BCUT2D eigenvalue weighted by Crippen LogP contribution is -2.20. The fourth-order valence-electron chi connectivity index (χ4n) is 2.17. The standard InChI is InChI=1S/C18H20ClNO4/c1-11-5-6-13(19)15(7-11)24-10-18(21)20-14-9-17(23-4)16(22-3)8-12(14)2/h5-9H,10H2,1-4H3,(H,20,21).